The first-order chi connectivity index (χ1) is 10.2. The van der Waals surface area contributed by atoms with E-state index in [-0.39, 0.29) is 0 Å². The van der Waals surface area contributed by atoms with E-state index in [0.29, 0.717) is 28.2 Å². The van der Waals surface area contributed by atoms with Crippen LogP contribution in [-0.2, 0) is 0 Å². The number of para-hydroxylation sites is 1. The summed E-state index contributed by atoms with van der Waals surface area (Å²) in [5.41, 5.74) is 1.54. The number of ether oxygens (including phenoxy) is 1. The lowest BCUT2D eigenvalue weighted by atomic mass is 10.3. The van der Waals surface area contributed by atoms with Crippen molar-refractivity contribution in [3.05, 3.63) is 65.4 Å². The van der Waals surface area contributed by atoms with Gasteiger partial charge >= 0.3 is 0 Å². The highest BCUT2D eigenvalue weighted by Gasteiger charge is 2.07. The molecule has 0 spiro atoms. The number of aryl methyl sites for hydroxylation is 1. The average Bonchev–Trinajstić information content (AvgIpc) is 2.50. The number of hydrogen-bond acceptors (Lipinski definition) is 4. The van der Waals surface area contributed by atoms with Gasteiger partial charge < -0.3 is 4.74 Å². The van der Waals surface area contributed by atoms with E-state index in [1.807, 2.05) is 37.3 Å². The molecule has 2 aromatic heterocycles. The summed E-state index contributed by atoms with van der Waals surface area (Å²) in [6, 6.07) is 14.6. The van der Waals surface area contributed by atoms with Crippen molar-refractivity contribution in [1.29, 1.82) is 0 Å². The van der Waals surface area contributed by atoms with Crippen LogP contribution in [0.2, 0.25) is 5.02 Å². The van der Waals surface area contributed by atoms with Gasteiger partial charge in [0.05, 0.1) is 5.02 Å². The molecule has 0 saturated carbocycles. The van der Waals surface area contributed by atoms with E-state index in [0.717, 1.165) is 5.69 Å². The Morgan fingerprint density at radius 2 is 1.81 bits per heavy atom. The molecule has 5 heteroatoms. The second-order valence-electron chi connectivity index (χ2n) is 4.42. The van der Waals surface area contributed by atoms with Crippen molar-refractivity contribution in [2.45, 2.75) is 6.92 Å². The summed E-state index contributed by atoms with van der Waals surface area (Å²) in [7, 11) is 0. The maximum atomic E-state index is 6.07. The normalized spacial score (nSPS) is 10.4. The van der Waals surface area contributed by atoms with Crippen LogP contribution in [0.15, 0.2) is 54.7 Å². The summed E-state index contributed by atoms with van der Waals surface area (Å²) < 4.78 is 5.70. The molecule has 3 aromatic rings. The van der Waals surface area contributed by atoms with E-state index in [9.17, 15) is 0 Å². The standard InChI is InChI=1S/C16H12ClN3O/c1-11-9-10-18-16(19-11)13-6-4-8-15(20-13)21-14-7-3-2-5-12(14)17/h2-10H,1H3. The Kier molecular flexibility index (Phi) is 3.79. The van der Waals surface area contributed by atoms with Gasteiger partial charge in [0, 0.05) is 18.0 Å². The Morgan fingerprint density at radius 3 is 2.62 bits per heavy atom. The van der Waals surface area contributed by atoms with Gasteiger partial charge in [0.15, 0.2) is 5.82 Å². The predicted molar refractivity (Wildman–Crippen MR) is 81.5 cm³/mol. The zero-order valence-electron chi connectivity index (χ0n) is 11.3. The molecule has 0 bridgehead atoms. The first kappa shape index (κ1) is 13.5. The van der Waals surface area contributed by atoms with Gasteiger partial charge in [-0.3, -0.25) is 0 Å². The molecule has 0 amide bonds. The van der Waals surface area contributed by atoms with Crippen LogP contribution in [0, 0.1) is 6.92 Å². The lowest BCUT2D eigenvalue weighted by Crippen LogP contribution is -1.95. The number of pyridine rings is 1. The summed E-state index contributed by atoms with van der Waals surface area (Å²) in [6.45, 7) is 1.91. The second kappa shape index (κ2) is 5.89. The van der Waals surface area contributed by atoms with Crippen molar-refractivity contribution in [1.82, 2.24) is 15.0 Å². The van der Waals surface area contributed by atoms with Crippen LogP contribution in [0.4, 0.5) is 0 Å². The van der Waals surface area contributed by atoms with Crippen molar-refractivity contribution >= 4 is 11.6 Å². The minimum atomic E-state index is 0.450. The van der Waals surface area contributed by atoms with Crippen LogP contribution in [0.5, 0.6) is 11.6 Å². The SMILES string of the molecule is Cc1ccnc(-c2cccc(Oc3ccccc3Cl)n2)n1. The maximum absolute atomic E-state index is 6.07. The van der Waals surface area contributed by atoms with Crippen LogP contribution >= 0.6 is 11.6 Å². The molecule has 0 radical (unpaired) electrons. The van der Waals surface area contributed by atoms with Gasteiger partial charge in [0.1, 0.15) is 11.4 Å². The number of nitrogens with zero attached hydrogens (tertiary/aromatic N) is 3. The fourth-order valence-electron chi connectivity index (χ4n) is 1.81. The first-order valence-electron chi connectivity index (χ1n) is 6.42. The summed E-state index contributed by atoms with van der Waals surface area (Å²) in [5, 5.41) is 0.538. The molecule has 4 nitrogen and oxygen atoms in total. The molecular formula is C16H12ClN3O. The van der Waals surface area contributed by atoms with E-state index < -0.39 is 0 Å². The van der Waals surface area contributed by atoms with Gasteiger partial charge in [-0.1, -0.05) is 29.8 Å². The molecule has 2 heterocycles. The highest BCUT2D eigenvalue weighted by molar-refractivity contribution is 6.32. The topological polar surface area (TPSA) is 47.9 Å². The van der Waals surface area contributed by atoms with E-state index in [4.69, 9.17) is 16.3 Å². The first-order valence-corrected chi connectivity index (χ1v) is 6.79. The Bertz CT molecular complexity index is 777. The van der Waals surface area contributed by atoms with E-state index in [1.165, 1.54) is 0 Å². The van der Waals surface area contributed by atoms with Crippen LogP contribution in [0.1, 0.15) is 5.69 Å². The maximum Gasteiger partial charge on any atom is 0.219 e. The van der Waals surface area contributed by atoms with Gasteiger partial charge in [-0.05, 0) is 31.2 Å². The molecule has 0 N–H and O–H groups in total. The number of benzene rings is 1. The Hall–Kier alpha value is -2.46. The van der Waals surface area contributed by atoms with Crippen molar-refractivity contribution in [3.8, 4) is 23.1 Å². The van der Waals surface area contributed by atoms with Crippen molar-refractivity contribution in [2.75, 3.05) is 0 Å². The Morgan fingerprint density at radius 1 is 0.952 bits per heavy atom. The molecule has 0 saturated heterocycles. The molecule has 0 atom stereocenters. The fourth-order valence-corrected chi connectivity index (χ4v) is 1.98. The molecule has 104 valence electrons. The molecule has 0 aliphatic heterocycles. The number of halogens is 1. The molecule has 0 fully saturated rings. The summed E-state index contributed by atoms with van der Waals surface area (Å²) in [4.78, 5) is 13.0. The zero-order valence-corrected chi connectivity index (χ0v) is 12.1. The minimum absolute atomic E-state index is 0.450. The lowest BCUT2D eigenvalue weighted by Gasteiger charge is -2.07. The molecule has 0 aliphatic carbocycles. The van der Waals surface area contributed by atoms with Crippen LogP contribution in [0.3, 0.4) is 0 Å². The minimum Gasteiger partial charge on any atom is -0.437 e. The van der Waals surface area contributed by atoms with Crippen molar-refractivity contribution in [3.63, 3.8) is 0 Å². The van der Waals surface area contributed by atoms with Crippen molar-refractivity contribution in [2.24, 2.45) is 0 Å². The van der Waals surface area contributed by atoms with E-state index in [2.05, 4.69) is 15.0 Å². The van der Waals surface area contributed by atoms with Crippen molar-refractivity contribution < 1.29 is 4.74 Å². The summed E-state index contributed by atoms with van der Waals surface area (Å²) in [6.07, 6.45) is 1.71. The van der Waals surface area contributed by atoms with Gasteiger partial charge in [-0.2, -0.15) is 0 Å². The summed E-state index contributed by atoms with van der Waals surface area (Å²) >= 11 is 6.07. The number of rotatable bonds is 3. The number of hydrogen-bond donors (Lipinski definition) is 0. The largest absolute Gasteiger partial charge is 0.437 e. The van der Waals surface area contributed by atoms with E-state index >= 15 is 0 Å². The van der Waals surface area contributed by atoms with Crippen LogP contribution < -0.4 is 4.74 Å². The van der Waals surface area contributed by atoms with Crippen LogP contribution in [0.25, 0.3) is 11.5 Å². The average molecular weight is 298 g/mol. The predicted octanol–water partition coefficient (Wildman–Crippen LogP) is 4.29. The number of aromatic nitrogens is 3. The van der Waals surface area contributed by atoms with E-state index in [1.54, 1.807) is 24.4 Å². The third kappa shape index (κ3) is 3.17. The lowest BCUT2D eigenvalue weighted by molar-refractivity contribution is 0.464. The molecule has 3 rings (SSSR count). The van der Waals surface area contributed by atoms with Crippen LogP contribution in [-0.4, -0.2) is 15.0 Å². The van der Waals surface area contributed by atoms with Gasteiger partial charge in [0.25, 0.3) is 0 Å². The Balaban J connectivity index is 1.92. The molecular weight excluding hydrogens is 286 g/mol. The quantitative estimate of drug-likeness (QED) is 0.723. The molecule has 1 aromatic carbocycles. The van der Waals surface area contributed by atoms with Gasteiger partial charge in [-0.25, -0.2) is 15.0 Å². The van der Waals surface area contributed by atoms with Gasteiger partial charge in [-0.15, -0.1) is 0 Å². The molecule has 0 aliphatic rings. The fraction of sp³-hybridized carbons (Fsp3) is 0.0625. The monoisotopic (exact) mass is 297 g/mol. The summed E-state index contributed by atoms with van der Waals surface area (Å²) in [5.74, 6) is 1.58. The third-order valence-corrected chi connectivity index (χ3v) is 3.11. The smallest absolute Gasteiger partial charge is 0.219 e. The zero-order chi connectivity index (χ0) is 14.7. The highest BCUT2D eigenvalue weighted by Crippen LogP contribution is 2.28. The van der Waals surface area contributed by atoms with Gasteiger partial charge in [0.2, 0.25) is 5.88 Å². The molecule has 0 unspecified atom stereocenters. The third-order valence-electron chi connectivity index (χ3n) is 2.80. The molecule has 21 heavy (non-hydrogen) atoms. The highest BCUT2D eigenvalue weighted by atomic mass is 35.5. The Labute approximate surface area is 127 Å². The second-order valence-corrected chi connectivity index (χ2v) is 4.82.